The van der Waals surface area contributed by atoms with E-state index in [-0.39, 0.29) is 23.6 Å². The second kappa shape index (κ2) is 4.33. The maximum atomic E-state index is 11.8. The van der Waals surface area contributed by atoms with Crippen molar-refractivity contribution in [2.45, 2.75) is 13.8 Å². The van der Waals surface area contributed by atoms with Crippen molar-refractivity contribution in [3.63, 3.8) is 0 Å². The lowest BCUT2D eigenvalue weighted by atomic mass is 10.2. The number of ether oxygens (including phenoxy) is 1. The highest BCUT2D eigenvalue weighted by Crippen LogP contribution is 2.19. The van der Waals surface area contributed by atoms with Crippen molar-refractivity contribution in [2.75, 3.05) is 12.3 Å². The Bertz CT molecular complexity index is 668. The van der Waals surface area contributed by atoms with E-state index in [4.69, 9.17) is 15.7 Å². The maximum Gasteiger partial charge on any atom is 0.343 e. The molecule has 0 unspecified atom stereocenters. The molecule has 0 bridgehead atoms. The minimum atomic E-state index is -0.499. The predicted octanol–water partition coefficient (Wildman–Crippen LogP) is 0.668. The molecule has 7 nitrogen and oxygen atoms in total. The van der Waals surface area contributed by atoms with Crippen molar-refractivity contribution >= 4 is 17.4 Å². The van der Waals surface area contributed by atoms with Crippen LogP contribution in [0.5, 0.6) is 0 Å². The van der Waals surface area contributed by atoms with Crippen molar-refractivity contribution < 1.29 is 9.53 Å². The van der Waals surface area contributed by atoms with Crippen molar-refractivity contribution in [3.8, 4) is 6.07 Å². The summed E-state index contributed by atoms with van der Waals surface area (Å²) in [5, 5.41) is 12.9. The predicted molar refractivity (Wildman–Crippen MR) is 62.8 cm³/mol. The summed E-state index contributed by atoms with van der Waals surface area (Å²) < 4.78 is 6.21. The lowest BCUT2D eigenvalue weighted by Gasteiger charge is -2.02. The van der Waals surface area contributed by atoms with Crippen molar-refractivity contribution in [1.29, 1.82) is 5.26 Å². The fourth-order valence-electron chi connectivity index (χ4n) is 1.64. The first-order valence-electron chi connectivity index (χ1n) is 5.31. The Morgan fingerprint density at radius 2 is 2.39 bits per heavy atom. The number of hydrogen-bond acceptors (Lipinski definition) is 6. The summed E-state index contributed by atoms with van der Waals surface area (Å²) in [6.45, 7) is 3.64. The molecule has 0 spiro atoms. The van der Waals surface area contributed by atoms with Crippen LogP contribution in [-0.2, 0) is 4.74 Å². The molecule has 18 heavy (non-hydrogen) atoms. The number of carbonyl (C=O) groups is 1. The van der Waals surface area contributed by atoms with Gasteiger partial charge in [-0.15, -0.1) is 0 Å². The first-order valence-corrected chi connectivity index (χ1v) is 5.31. The summed E-state index contributed by atoms with van der Waals surface area (Å²) >= 11 is 0. The smallest absolute Gasteiger partial charge is 0.343 e. The van der Waals surface area contributed by atoms with Crippen LogP contribution in [0, 0.1) is 18.3 Å². The summed E-state index contributed by atoms with van der Waals surface area (Å²) in [7, 11) is 0. The second-order valence-electron chi connectivity index (χ2n) is 3.59. The van der Waals surface area contributed by atoms with E-state index in [9.17, 15) is 4.79 Å². The van der Waals surface area contributed by atoms with Gasteiger partial charge in [-0.05, 0) is 13.8 Å². The van der Waals surface area contributed by atoms with Gasteiger partial charge < -0.3 is 10.5 Å². The molecule has 7 heteroatoms. The zero-order valence-electron chi connectivity index (χ0n) is 9.97. The van der Waals surface area contributed by atoms with Gasteiger partial charge in [0.2, 0.25) is 0 Å². The number of nitrogen functional groups attached to an aromatic ring is 1. The van der Waals surface area contributed by atoms with Crippen LogP contribution in [0.25, 0.3) is 5.65 Å². The third-order valence-corrected chi connectivity index (χ3v) is 2.46. The summed E-state index contributed by atoms with van der Waals surface area (Å²) in [6.07, 6.45) is 1.31. The SMILES string of the molecule is CCOC(=O)c1c(C)nn2c(N)c(C#N)cnc12. The number of carbonyl (C=O) groups excluding carboxylic acids is 1. The minimum absolute atomic E-state index is 0.154. The Balaban J connectivity index is 2.71. The van der Waals surface area contributed by atoms with E-state index in [2.05, 4.69) is 10.1 Å². The van der Waals surface area contributed by atoms with Gasteiger partial charge in [0.25, 0.3) is 0 Å². The molecule has 0 saturated heterocycles. The van der Waals surface area contributed by atoms with Gasteiger partial charge in [0, 0.05) is 0 Å². The van der Waals surface area contributed by atoms with Gasteiger partial charge in [0.15, 0.2) is 5.65 Å². The molecule has 0 aromatic carbocycles. The van der Waals surface area contributed by atoms with Crippen molar-refractivity contribution in [2.24, 2.45) is 0 Å². The normalized spacial score (nSPS) is 10.3. The summed E-state index contributed by atoms with van der Waals surface area (Å²) in [5.74, 6) is -0.345. The van der Waals surface area contributed by atoms with Crippen molar-refractivity contribution in [3.05, 3.63) is 23.0 Å². The van der Waals surface area contributed by atoms with Gasteiger partial charge in [-0.25, -0.2) is 9.78 Å². The monoisotopic (exact) mass is 245 g/mol. The van der Waals surface area contributed by atoms with Crippen LogP contribution in [0.15, 0.2) is 6.20 Å². The van der Waals surface area contributed by atoms with Crippen LogP contribution in [0.1, 0.15) is 28.5 Å². The van der Waals surface area contributed by atoms with Crippen LogP contribution in [0.2, 0.25) is 0 Å². The second-order valence-corrected chi connectivity index (χ2v) is 3.59. The standard InChI is InChI=1S/C11H11N5O2/c1-3-18-11(17)8-6(2)15-16-9(13)7(4-12)5-14-10(8)16/h5H,3,13H2,1-2H3. The van der Waals surface area contributed by atoms with Crippen LogP contribution in [-0.4, -0.2) is 27.2 Å². The Morgan fingerprint density at radius 1 is 1.67 bits per heavy atom. The number of nitriles is 1. The molecule has 92 valence electrons. The molecule has 0 radical (unpaired) electrons. The molecule has 2 aromatic rings. The maximum absolute atomic E-state index is 11.8. The first kappa shape index (κ1) is 11.9. The van der Waals surface area contributed by atoms with E-state index in [1.54, 1.807) is 13.8 Å². The number of esters is 1. The van der Waals surface area contributed by atoms with E-state index in [0.717, 1.165) is 0 Å². The largest absolute Gasteiger partial charge is 0.462 e. The van der Waals surface area contributed by atoms with Gasteiger partial charge in [-0.1, -0.05) is 0 Å². The van der Waals surface area contributed by atoms with Gasteiger partial charge in [0.05, 0.1) is 18.5 Å². The third-order valence-electron chi connectivity index (χ3n) is 2.46. The van der Waals surface area contributed by atoms with Gasteiger partial charge in [-0.2, -0.15) is 14.9 Å². The Labute approximate surface area is 103 Å². The molecule has 2 N–H and O–H groups in total. The van der Waals surface area contributed by atoms with Crippen LogP contribution in [0.4, 0.5) is 5.82 Å². The van der Waals surface area contributed by atoms with Gasteiger partial charge in [-0.3, -0.25) is 0 Å². The topological polar surface area (TPSA) is 106 Å². The van der Waals surface area contributed by atoms with Gasteiger partial charge in [0.1, 0.15) is 23.0 Å². The zero-order valence-corrected chi connectivity index (χ0v) is 9.97. The summed E-state index contributed by atoms with van der Waals surface area (Å²) in [6, 6.07) is 1.91. The zero-order chi connectivity index (χ0) is 13.3. The number of aromatic nitrogens is 3. The quantitative estimate of drug-likeness (QED) is 0.779. The van der Waals surface area contributed by atoms with E-state index < -0.39 is 5.97 Å². The molecule has 0 aliphatic heterocycles. The van der Waals surface area contributed by atoms with Gasteiger partial charge >= 0.3 is 5.97 Å². The molecular weight excluding hydrogens is 234 g/mol. The van der Waals surface area contributed by atoms with Crippen LogP contribution >= 0.6 is 0 Å². The first-order chi connectivity index (χ1) is 8.60. The highest BCUT2D eigenvalue weighted by molar-refractivity contribution is 5.97. The molecule has 2 aromatic heterocycles. The Morgan fingerprint density at radius 3 is 3.00 bits per heavy atom. The molecule has 0 aliphatic rings. The van der Waals surface area contributed by atoms with E-state index in [1.165, 1.54) is 10.7 Å². The number of anilines is 1. The molecular formula is C11H11N5O2. The number of rotatable bonds is 2. The molecule has 0 fully saturated rings. The lowest BCUT2D eigenvalue weighted by Crippen LogP contribution is -2.07. The summed E-state index contributed by atoms with van der Waals surface area (Å²) in [4.78, 5) is 15.8. The third kappa shape index (κ3) is 1.64. The Kier molecular flexibility index (Phi) is 2.85. The fourth-order valence-corrected chi connectivity index (χ4v) is 1.64. The fraction of sp³-hybridized carbons (Fsp3) is 0.273. The molecule has 0 atom stereocenters. The summed E-state index contributed by atoms with van der Waals surface area (Å²) in [5.41, 5.74) is 7.01. The lowest BCUT2D eigenvalue weighted by molar-refractivity contribution is 0.0527. The number of nitrogens with zero attached hydrogens (tertiary/aromatic N) is 4. The van der Waals surface area contributed by atoms with E-state index in [1.807, 2.05) is 6.07 Å². The minimum Gasteiger partial charge on any atom is -0.462 e. The average Bonchev–Trinajstić information content (AvgIpc) is 2.67. The highest BCUT2D eigenvalue weighted by Gasteiger charge is 2.21. The molecule has 0 saturated carbocycles. The van der Waals surface area contributed by atoms with Crippen LogP contribution in [0.3, 0.4) is 0 Å². The average molecular weight is 245 g/mol. The highest BCUT2D eigenvalue weighted by atomic mass is 16.5. The van der Waals surface area contributed by atoms with Crippen molar-refractivity contribution in [1.82, 2.24) is 14.6 Å². The molecule has 2 heterocycles. The number of hydrogen-bond donors (Lipinski definition) is 1. The molecule has 0 amide bonds. The number of aryl methyl sites for hydroxylation is 1. The number of fused-ring (bicyclic) bond motifs is 1. The number of nitrogens with two attached hydrogens (primary N) is 1. The Hall–Kier alpha value is -2.62. The van der Waals surface area contributed by atoms with Crippen LogP contribution < -0.4 is 5.73 Å². The van der Waals surface area contributed by atoms with E-state index in [0.29, 0.717) is 11.3 Å². The molecule has 0 aliphatic carbocycles. The van der Waals surface area contributed by atoms with E-state index >= 15 is 0 Å². The molecule has 2 rings (SSSR count).